The fraction of sp³-hybridized carbons (Fsp3) is 0.500. The lowest BCUT2D eigenvalue weighted by Gasteiger charge is -2.30. The Morgan fingerprint density at radius 2 is 2.44 bits per heavy atom. The summed E-state index contributed by atoms with van der Waals surface area (Å²) in [5, 5.41) is 0. The fourth-order valence-electron chi connectivity index (χ4n) is 2.12. The van der Waals surface area contributed by atoms with Crippen molar-refractivity contribution in [3.63, 3.8) is 0 Å². The molecule has 0 saturated carbocycles. The van der Waals surface area contributed by atoms with Crippen molar-refractivity contribution >= 4 is 6.03 Å². The molecule has 16 heavy (non-hydrogen) atoms. The van der Waals surface area contributed by atoms with Crippen molar-refractivity contribution in [1.82, 2.24) is 14.5 Å². The molecule has 4 nitrogen and oxygen atoms in total. The van der Waals surface area contributed by atoms with Crippen LogP contribution in [0.2, 0.25) is 0 Å². The summed E-state index contributed by atoms with van der Waals surface area (Å²) in [6.07, 6.45) is 10.2. The Morgan fingerprint density at radius 3 is 3.06 bits per heavy atom. The topological polar surface area (TPSA) is 38.1 Å². The van der Waals surface area contributed by atoms with E-state index >= 15 is 0 Å². The van der Waals surface area contributed by atoms with Gasteiger partial charge in [-0.1, -0.05) is 11.6 Å². The molecule has 1 amide bonds. The lowest BCUT2D eigenvalue weighted by molar-refractivity contribution is 0.186. The highest BCUT2D eigenvalue weighted by molar-refractivity contribution is 5.76. The van der Waals surface area contributed by atoms with E-state index in [1.807, 2.05) is 11.9 Å². The second-order valence-electron chi connectivity index (χ2n) is 4.35. The minimum absolute atomic E-state index is 0.00259. The van der Waals surface area contributed by atoms with E-state index in [-0.39, 0.29) is 6.03 Å². The van der Waals surface area contributed by atoms with E-state index in [9.17, 15) is 4.79 Å². The molecule has 0 radical (unpaired) electrons. The summed E-state index contributed by atoms with van der Waals surface area (Å²) in [4.78, 5) is 17.7. The molecule has 1 heterocycles. The van der Waals surface area contributed by atoms with E-state index in [2.05, 4.69) is 18.0 Å². The molecule has 0 aliphatic heterocycles. The first-order valence-electron chi connectivity index (χ1n) is 5.59. The molecule has 1 aliphatic carbocycles. The van der Waals surface area contributed by atoms with Crippen molar-refractivity contribution in [2.45, 2.75) is 32.2 Å². The van der Waals surface area contributed by atoms with Crippen LogP contribution in [0.3, 0.4) is 0 Å². The summed E-state index contributed by atoms with van der Waals surface area (Å²) in [5.74, 6) is 0. The molecular weight excluding hydrogens is 202 g/mol. The van der Waals surface area contributed by atoms with Crippen molar-refractivity contribution in [2.24, 2.45) is 0 Å². The number of rotatable bonds is 1. The molecule has 1 aromatic heterocycles. The molecule has 0 unspecified atom stereocenters. The molecule has 2 rings (SSSR count). The summed E-state index contributed by atoms with van der Waals surface area (Å²) >= 11 is 0. The maximum atomic E-state index is 12.0. The summed E-state index contributed by atoms with van der Waals surface area (Å²) in [6.45, 7) is 2.13. The molecule has 0 aromatic carbocycles. The van der Waals surface area contributed by atoms with E-state index in [1.54, 1.807) is 18.7 Å². The molecule has 4 heteroatoms. The average Bonchev–Trinajstić information content (AvgIpc) is 2.80. The quantitative estimate of drug-likeness (QED) is 0.680. The zero-order valence-electron chi connectivity index (χ0n) is 9.76. The van der Waals surface area contributed by atoms with E-state index in [0.29, 0.717) is 6.04 Å². The molecule has 0 spiro atoms. The van der Waals surface area contributed by atoms with Crippen LogP contribution < -0.4 is 0 Å². The Kier molecular flexibility index (Phi) is 3.08. The lowest BCUT2D eigenvalue weighted by atomic mass is 9.95. The normalized spacial score (nSPS) is 20.4. The standard InChI is InChI=1S/C12H17N3O/c1-10-4-3-5-11(8-10)14(2)12(16)15-7-6-13-9-15/h4,6-7,9,11H,3,5,8H2,1-2H3/t11-/m1/s1. The number of amides is 1. The number of hydrogen-bond acceptors (Lipinski definition) is 2. The summed E-state index contributed by atoms with van der Waals surface area (Å²) < 4.78 is 1.52. The van der Waals surface area contributed by atoms with Crippen LogP contribution in [0.1, 0.15) is 26.2 Å². The first-order valence-corrected chi connectivity index (χ1v) is 5.59. The largest absolute Gasteiger partial charge is 0.329 e. The zero-order valence-corrected chi connectivity index (χ0v) is 9.76. The van der Waals surface area contributed by atoms with Crippen molar-refractivity contribution in [3.05, 3.63) is 30.4 Å². The number of hydrogen-bond donors (Lipinski definition) is 0. The summed E-state index contributed by atoms with van der Waals surface area (Å²) in [6, 6.07) is 0.317. The lowest BCUT2D eigenvalue weighted by Crippen LogP contribution is -2.40. The van der Waals surface area contributed by atoms with E-state index in [4.69, 9.17) is 0 Å². The smallest absolute Gasteiger partial charge is 0.324 e. The number of carbonyl (C=O) groups is 1. The molecule has 86 valence electrons. The van der Waals surface area contributed by atoms with Gasteiger partial charge >= 0.3 is 6.03 Å². The third kappa shape index (κ3) is 2.15. The van der Waals surface area contributed by atoms with Crippen LogP contribution in [0.15, 0.2) is 30.4 Å². The number of carbonyl (C=O) groups excluding carboxylic acids is 1. The van der Waals surface area contributed by atoms with E-state index < -0.39 is 0 Å². The van der Waals surface area contributed by atoms with Gasteiger partial charge in [0.2, 0.25) is 0 Å². The van der Waals surface area contributed by atoms with Gasteiger partial charge in [-0.15, -0.1) is 0 Å². The van der Waals surface area contributed by atoms with Crippen LogP contribution in [0.4, 0.5) is 4.79 Å². The maximum Gasteiger partial charge on any atom is 0.329 e. The third-order valence-electron chi connectivity index (χ3n) is 3.13. The van der Waals surface area contributed by atoms with Crippen LogP contribution in [0, 0.1) is 0 Å². The second kappa shape index (κ2) is 4.51. The Morgan fingerprint density at radius 1 is 1.62 bits per heavy atom. The van der Waals surface area contributed by atoms with Gasteiger partial charge in [0, 0.05) is 25.5 Å². The summed E-state index contributed by atoms with van der Waals surface area (Å²) in [5.41, 5.74) is 1.38. The summed E-state index contributed by atoms with van der Waals surface area (Å²) in [7, 11) is 1.87. The van der Waals surface area contributed by atoms with Crippen LogP contribution in [-0.2, 0) is 0 Å². The molecule has 1 aromatic rings. The average molecular weight is 219 g/mol. The number of imidazole rings is 1. The molecule has 0 saturated heterocycles. The highest BCUT2D eigenvalue weighted by atomic mass is 16.2. The van der Waals surface area contributed by atoms with Gasteiger partial charge in [-0.3, -0.25) is 4.57 Å². The van der Waals surface area contributed by atoms with Crippen molar-refractivity contribution in [2.75, 3.05) is 7.05 Å². The van der Waals surface area contributed by atoms with Crippen LogP contribution >= 0.6 is 0 Å². The molecule has 0 bridgehead atoms. The minimum Gasteiger partial charge on any atom is -0.324 e. The molecule has 1 aliphatic rings. The van der Waals surface area contributed by atoms with Crippen LogP contribution in [0.5, 0.6) is 0 Å². The van der Waals surface area contributed by atoms with Gasteiger partial charge < -0.3 is 4.90 Å². The van der Waals surface area contributed by atoms with Gasteiger partial charge in [-0.2, -0.15) is 0 Å². The van der Waals surface area contributed by atoms with Crippen molar-refractivity contribution < 1.29 is 4.79 Å². The van der Waals surface area contributed by atoms with Crippen molar-refractivity contribution in [1.29, 1.82) is 0 Å². The zero-order chi connectivity index (χ0) is 11.5. The maximum absolute atomic E-state index is 12.0. The van der Waals surface area contributed by atoms with Gasteiger partial charge in [-0.25, -0.2) is 9.78 Å². The first kappa shape index (κ1) is 10.9. The number of nitrogens with zero attached hydrogens (tertiary/aromatic N) is 3. The Bertz CT molecular complexity index is 394. The van der Waals surface area contributed by atoms with Gasteiger partial charge in [0.25, 0.3) is 0 Å². The van der Waals surface area contributed by atoms with Gasteiger partial charge in [-0.05, 0) is 26.2 Å². The van der Waals surface area contributed by atoms with Crippen molar-refractivity contribution in [3.8, 4) is 0 Å². The molecule has 0 N–H and O–H groups in total. The molecule has 0 fully saturated rings. The highest BCUT2D eigenvalue weighted by Gasteiger charge is 2.22. The predicted octanol–water partition coefficient (Wildman–Crippen LogP) is 2.28. The van der Waals surface area contributed by atoms with Gasteiger partial charge in [0.15, 0.2) is 0 Å². The Hall–Kier alpha value is -1.58. The van der Waals surface area contributed by atoms with E-state index in [1.165, 1.54) is 10.1 Å². The van der Waals surface area contributed by atoms with Crippen LogP contribution in [-0.4, -0.2) is 33.6 Å². The first-order chi connectivity index (χ1) is 7.68. The Balaban J connectivity index is 2.05. The van der Waals surface area contributed by atoms with Crippen LogP contribution in [0.25, 0.3) is 0 Å². The monoisotopic (exact) mass is 219 g/mol. The number of allylic oxidation sites excluding steroid dienone is 1. The Labute approximate surface area is 95.6 Å². The molecular formula is C12H17N3O. The predicted molar refractivity (Wildman–Crippen MR) is 62.2 cm³/mol. The third-order valence-corrected chi connectivity index (χ3v) is 3.13. The van der Waals surface area contributed by atoms with E-state index in [0.717, 1.165) is 19.3 Å². The minimum atomic E-state index is -0.00259. The highest BCUT2D eigenvalue weighted by Crippen LogP contribution is 2.22. The number of aromatic nitrogens is 2. The van der Waals surface area contributed by atoms with Gasteiger partial charge in [0.05, 0.1) is 0 Å². The fourth-order valence-corrected chi connectivity index (χ4v) is 2.12. The SMILES string of the molecule is CC1=CCC[C@@H](N(C)C(=O)n2ccnc2)C1. The molecule has 1 atom stereocenters. The van der Waals surface area contributed by atoms with Gasteiger partial charge in [0.1, 0.15) is 6.33 Å². The second-order valence-corrected chi connectivity index (χ2v) is 4.35.